The van der Waals surface area contributed by atoms with Crippen molar-refractivity contribution in [3.05, 3.63) is 57.5 Å². The van der Waals surface area contributed by atoms with Crippen molar-refractivity contribution in [3.8, 4) is 0 Å². The molecule has 1 N–H and O–H groups in total. The van der Waals surface area contributed by atoms with Crippen LogP contribution in [-0.2, 0) is 29.0 Å². The number of hydrogen-bond acceptors (Lipinski definition) is 5. The first-order valence-electron chi connectivity index (χ1n) is 9.32. The fraction of sp³-hybridized carbons (Fsp3) is 0.450. The van der Waals surface area contributed by atoms with Crippen molar-refractivity contribution in [2.75, 3.05) is 31.2 Å². The number of benzene rings is 1. The van der Waals surface area contributed by atoms with Crippen molar-refractivity contribution >= 4 is 11.9 Å². The molecule has 0 radical (unpaired) electrons. The Morgan fingerprint density at radius 1 is 1.22 bits per heavy atom. The molecule has 27 heavy (non-hydrogen) atoms. The Balaban J connectivity index is 1.75. The molecule has 1 saturated heterocycles. The third-order valence-corrected chi connectivity index (χ3v) is 4.61. The lowest BCUT2D eigenvalue weighted by Crippen LogP contribution is -2.42. The summed E-state index contributed by atoms with van der Waals surface area (Å²) < 4.78 is 6.84. The van der Waals surface area contributed by atoms with Gasteiger partial charge >= 0.3 is 0 Å². The fourth-order valence-corrected chi connectivity index (χ4v) is 2.98. The highest BCUT2D eigenvalue weighted by Gasteiger charge is 2.19. The van der Waals surface area contributed by atoms with Crippen molar-refractivity contribution in [3.63, 3.8) is 0 Å². The molecule has 1 amide bonds. The first-order chi connectivity index (χ1) is 13.1. The van der Waals surface area contributed by atoms with Crippen molar-refractivity contribution < 1.29 is 9.53 Å². The fourth-order valence-electron chi connectivity index (χ4n) is 2.98. The number of carbonyl (C=O) groups excluding carboxylic acids is 1. The highest BCUT2D eigenvalue weighted by molar-refractivity contribution is 5.76. The molecule has 1 aliphatic rings. The van der Waals surface area contributed by atoms with E-state index in [-0.39, 0.29) is 18.0 Å². The van der Waals surface area contributed by atoms with E-state index >= 15 is 0 Å². The molecular weight excluding hydrogens is 344 g/mol. The molecule has 7 nitrogen and oxygen atoms in total. The number of ether oxygens (including phenoxy) is 1. The SMILES string of the molecule is CCc1cc(=O)n(CC(=O)NCc2ccc(C)cc2)c(N2CCOCC2)n1. The summed E-state index contributed by atoms with van der Waals surface area (Å²) in [6, 6.07) is 9.50. The van der Waals surface area contributed by atoms with Crippen LogP contribution in [0.4, 0.5) is 5.95 Å². The maximum atomic E-state index is 12.6. The monoisotopic (exact) mass is 370 g/mol. The molecule has 7 heteroatoms. The van der Waals surface area contributed by atoms with Crippen molar-refractivity contribution in [1.29, 1.82) is 0 Å². The smallest absolute Gasteiger partial charge is 0.255 e. The van der Waals surface area contributed by atoms with Crippen molar-refractivity contribution in [1.82, 2.24) is 14.9 Å². The summed E-state index contributed by atoms with van der Waals surface area (Å²) in [7, 11) is 0. The van der Waals surface area contributed by atoms with Gasteiger partial charge in [0.15, 0.2) is 0 Å². The summed E-state index contributed by atoms with van der Waals surface area (Å²) in [6.07, 6.45) is 0.674. The second-order valence-electron chi connectivity index (χ2n) is 6.69. The van der Waals surface area contributed by atoms with Crippen LogP contribution in [0.15, 0.2) is 35.1 Å². The van der Waals surface area contributed by atoms with Crippen LogP contribution in [0, 0.1) is 6.92 Å². The van der Waals surface area contributed by atoms with Gasteiger partial charge in [-0.05, 0) is 18.9 Å². The topological polar surface area (TPSA) is 76.5 Å². The lowest BCUT2D eigenvalue weighted by Gasteiger charge is -2.29. The average molecular weight is 370 g/mol. The second-order valence-corrected chi connectivity index (χ2v) is 6.69. The van der Waals surface area contributed by atoms with Crippen LogP contribution in [0.3, 0.4) is 0 Å². The lowest BCUT2D eigenvalue weighted by molar-refractivity contribution is -0.121. The van der Waals surface area contributed by atoms with E-state index in [1.807, 2.05) is 43.0 Å². The first-order valence-corrected chi connectivity index (χ1v) is 9.32. The number of anilines is 1. The normalized spacial score (nSPS) is 14.2. The van der Waals surface area contributed by atoms with Crippen LogP contribution >= 0.6 is 0 Å². The number of nitrogens with zero attached hydrogens (tertiary/aromatic N) is 3. The Labute approximate surface area is 159 Å². The number of morpholine rings is 1. The molecule has 0 atom stereocenters. The van der Waals surface area contributed by atoms with Crippen molar-refractivity contribution in [2.24, 2.45) is 0 Å². The summed E-state index contributed by atoms with van der Waals surface area (Å²) in [5.41, 5.74) is 2.73. The standard InChI is InChI=1S/C20H26N4O3/c1-3-17-12-19(26)24(20(22-17)23-8-10-27-11-9-23)14-18(25)21-13-16-6-4-15(2)5-7-16/h4-7,12H,3,8-11,13-14H2,1-2H3,(H,21,25). The molecule has 0 saturated carbocycles. The Kier molecular flexibility index (Phi) is 6.24. The molecule has 0 unspecified atom stereocenters. The Bertz CT molecular complexity index is 839. The minimum atomic E-state index is -0.210. The van der Waals surface area contributed by atoms with Crippen LogP contribution in [0.2, 0.25) is 0 Å². The molecule has 2 aromatic rings. The van der Waals surface area contributed by atoms with Gasteiger partial charge < -0.3 is 15.0 Å². The zero-order valence-corrected chi connectivity index (χ0v) is 15.9. The quantitative estimate of drug-likeness (QED) is 0.829. The Hall–Kier alpha value is -2.67. The van der Waals surface area contributed by atoms with Crippen LogP contribution < -0.4 is 15.8 Å². The van der Waals surface area contributed by atoms with Gasteiger partial charge in [-0.2, -0.15) is 0 Å². The predicted octanol–water partition coefficient (Wildman–Crippen LogP) is 1.27. The first kappa shape index (κ1) is 19.1. The highest BCUT2D eigenvalue weighted by atomic mass is 16.5. The number of nitrogens with one attached hydrogen (secondary N) is 1. The van der Waals surface area contributed by atoms with E-state index in [2.05, 4.69) is 10.3 Å². The summed E-state index contributed by atoms with van der Waals surface area (Å²) in [5, 5.41) is 2.88. The largest absolute Gasteiger partial charge is 0.378 e. The van der Waals surface area contributed by atoms with Gasteiger partial charge in [0.05, 0.1) is 13.2 Å². The summed E-state index contributed by atoms with van der Waals surface area (Å²) in [6.45, 7) is 6.86. The van der Waals surface area contributed by atoms with Gasteiger partial charge in [-0.15, -0.1) is 0 Å². The summed E-state index contributed by atoms with van der Waals surface area (Å²) in [5.74, 6) is 0.339. The maximum Gasteiger partial charge on any atom is 0.255 e. The molecule has 1 fully saturated rings. The molecular formula is C20H26N4O3. The van der Waals surface area contributed by atoms with Gasteiger partial charge in [0, 0.05) is 31.4 Å². The number of rotatable bonds is 6. The van der Waals surface area contributed by atoms with Crippen molar-refractivity contribution in [2.45, 2.75) is 33.4 Å². The van der Waals surface area contributed by atoms with Gasteiger partial charge in [-0.1, -0.05) is 36.8 Å². The Morgan fingerprint density at radius 3 is 2.59 bits per heavy atom. The Morgan fingerprint density at radius 2 is 1.93 bits per heavy atom. The van der Waals surface area contributed by atoms with E-state index in [0.29, 0.717) is 45.2 Å². The third-order valence-electron chi connectivity index (χ3n) is 4.61. The number of carbonyl (C=O) groups is 1. The molecule has 0 spiro atoms. The molecule has 1 aromatic carbocycles. The molecule has 2 heterocycles. The zero-order valence-electron chi connectivity index (χ0n) is 15.9. The van der Waals surface area contributed by atoms with Crippen LogP contribution in [0.25, 0.3) is 0 Å². The molecule has 144 valence electrons. The second kappa shape index (κ2) is 8.81. The van der Waals surface area contributed by atoms with Gasteiger partial charge in [-0.25, -0.2) is 4.98 Å². The number of aryl methyl sites for hydroxylation is 2. The molecule has 1 aromatic heterocycles. The van der Waals surface area contributed by atoms with Crippen LogP contribution in [0.5, 0.6) is 0 Å². The minimum Gasteiger partial charge on any atom is -0.378 e. The molecule has 0 aliphatic carbocycles. The lowest BCUT2D eigenvalue weighted by atomic mass is 10.1. The van der Waals surface area contributed by atoms with Gasteiger partial charge in [0.2, 0.25) is 11.9 Å². The van der Waals surface area contributed by atoms with Crippen LogP contribution in [-0.4, -0.2) is 41.8 Å². The maximum absolute atomic E-state index is 12.6. The average Bonchev–Trinajstić information content (AvgIpc) is 2.69. The minimum absolute atomic E-state index is 0.0472. The van der Waals surface area contributed by atoms with Gasteiger partial charge in [0.25, 0.3) is 5.56 Å². The van der Waals surface area contributed by atoms with Crippen LogP contribution in [0.1, 0.15) is 23.7 Å². The highest BCUT2D eigenvalue weighted by Crippen LogP contribution is 2.12. The third kappa shape index (κ3) is 4.95. The molecule has 1 aliphatic heterocycles. The summed E-state index contributed by atoms with van der Waals surface area (Å²) >= 11 is 0. The molecule has 3 rings (SSSR count). The van der Waals surface area contributed by atoms with E-state index in [0.717, 1.165) is 11.3 Å². The number of aromatic nitrogens is 2. The van der Waals surface area contributed by atoms with E-state index in [1.165, 1.54) is 16.2 Å². The van der Waals surface area contributed by atoms with E-state index in [9.17, 15) is 9.59 Å². The zero-order chi connectivity index (χ0) is 19.2. The summed E-state index contributed by atoms with van der Waals surface area (Å²) in [4.78, 5) is 31.7. The van der Waals surface area contributed by atoms with E-state index in [1.54, 1.807) is 0 Å². The van der Waals surface area contributed by atoms with Gasteiger partial charge in [0.1, 0.15) is 6.54 Å². The molecule has 0 bridgehead atoms. The van der Waals surface area contributed by atoms with E-state index < -0.39 is 0 Å². The van der Waals surface area contributed by atoms with Gasteiger partial charge in [-0.3, -0.25) is 14.2 Å². The van der Waals surface area contributed by atoms with E-state index in [4.69, 9.17) is 4.74 Å². The number of hydrogen-bond donors (Lipinski definition) is 1. The predicted molar refractivity (Wildman–Crippen MR) is 104 cm³/mol. The number of amides is 1.